The highest BCUT2D eigenvalue weighted by Gasteiger charge is 2.24. The number of carbonyl (C=O) groups is 1. The second kappa shape index (κ2) is 4.74. The Hall–Kier alpha value is -1.34. The molecule has 2 rings (SSSR count). The summed E-state index contributed by atoms with van der Waals surface area (Å²) >= 11 is 0. The van der Waals surface area contributed by atoms with Crippen molar-refractivity contribution >= 4 is 15.9 Å². The van der Waals surface area contributed by atoms with E-state index < -0.39 is 10.0 Å². The SMILES string of the molecule is CC1CCC(NC(=O)c2cc(S(N)(=O)=O)c[nH]2)C1. The first-order valence-electron chi connectivity index (χ1n) is 5.88. The predicted molar refractivity (Wildman–Crippen MR) is 66.4 cm³/mol. The standard InChI is InChI=1S/C11H17N3O3S/c1-7-2-3-8(4-7)14-11(15)10-5-9(6-13-10)18(12,16)17/h5-8,13H,2-4H2,1H3,(H,14,15)(H2,12,16,17). The summed E-state index contributed by atoms with van der Waals surface area (Å²) in [6, 6.07) is 1.43. The number of primary sulfonamides is 1. The summed E-state index contributed by atoms with van der Waals surface area (Å²) in [4.78, 5) is 14.4. The Labute approximate surface area is 106 Å². The third-order valence-corrected chi connectivity index (χ3v) is 4.15. The summed E-state index contributed by atoms with van der Waals surface area (Å²) in [6.07, 6.45) is 4.27. The molecule has 1 aliphatic carbocycles. The molecule has 2 atom stereocenters. The van der Waals surface area contributed by atoms with Gasteiger partial charge in [0, 0.05) is 12.2 Å². The molecule has 1 heterocycles. The van der Waals surface area contributed by atoms with Gasteiger partial charge in [0.2, 0.25) is 10.0 Å². The van der Waals surface area contributed by atoms with E-state index in [9.17, 15) is 13.2 Å². The molecule has 6 nitrogen and oxygen atoms in total. The van der Waals surface area contributed by atoms with Crippen LogP contribution in [-0.2, 0) is 10.0 Å². The fourth-order valence-electron chi connectivity index (χ4n) is 2.27. The molecule has 100 valence electrons. The third-order valence-electron chi connectivity index (χ3n) is 3.26. The summed E-state index contributed by atoms with van der Waals surface area (Å²) in [6.45, 7) is 2.15. The number of aromatic nitrogens is 1. The average Bonchev–Trinajstić information content (AvgIpc) is 2.85. The van der Waals surface area contributed by atoms with Gasteiger partial charge < -0.3 is 10.3 Å². The van der Waals surface area contributed by atoms with Gasteiger partial charge in [-0.3, -0.25) is 4.79 Å². The molecule has 0 spiro atoms. The minimum Gasteiger partial charge on any atom is -0.356 e. The summed E-state index contributed by atoms with van der Waals surface area (Å²) in [7, 11) is -3.76. The molecule has 0 saturated heterocycles. The third kappa shape index (κ3) is 2.91. The first-order valence-corrected chi connectivity index (χ1v) is 7.43. The van der Waals surface area contributed by atoms with Crippen LogP contribution in [0.25, 0.3) is 0 Å². The van der Waals surface area contributed by atoms with E-state index >= 15 is 0 Å². The number of nitrogens with one attached hydrogen (secondary N) is 2. The van der Waals surface area contributed by atoms with E-state index in [1.165, 1.54) is 12.3 Å². The second-order valence-electron chi connectivity index (χ2n) is 4.88. The Morgan fingerprint density at radius 3 is 2.72 bits per heavy atom. The first kappa shape index (κ1) is 13.1. The van der Waals surface area contributed by atoms with Gasteiger partial charge in [0.25, 0.3) is 5.91 Å². The Morgan fingerprint density at radius 1 is 1.50 bits per heavy atom. The lowest BCUT2D eigenvalue weighted by Gasteiger charge is -2.11. The molecule has 0 bridgehead atoms. The number of nitrogens with two attached hydrogens (primary N) is 1. The van der Waals surface area contributed by atoms with Crippen LogP contribution < -0.4 is 10.5 Å². The normalized spacial score (nSPS) is 24.1. The molecule has 1 aromatic heterocycles. The van der Waals surface area contributed by atoms with Crippen LogP contribution in [0.5, 0.6) is 0 Å². The van der Waals surface area contributed by atoms with Crippen LogP contribution in [0.1, 0.15) is 36.7 Å². The smallest absolute Gasteiger partial charge is 0.267 e. The van der Waals surface area contributed by atoms with E-state index in [1.54, 1.807) is 0 Å². The molecule has 2 unspecified atom stereocenters. The minimum atomic E-state index is -3.76. The van der Waals surface area contributed by atoms with Crippen molar-refractivity contribution < 1.29 is 13.2 Å². The molecule has 1 amide bonds. The summed E-state index contributed by atoms with van der Waals surface area (Å²) in [5.41, 5.74) is 0.221. The van der Waals surface area contributed by atoms with Crippen molar-refractivity contribution in [3.05, 3.63) is 18.0 Å². The lowest BCUT2D eigenvalue weighted by atomic mass is 10.1. The molecule has 1 fully saturated rings. The van der Waals surface area contributed by atoms with Crippen molar-refractivity contribution in [1.82, 2.24) is 10.3 Å². The van der Waals surface area contributed by atoms with Crippen molar-refractivity contribution in [2.75, 3.05) is 0 Å². The number of carbonyl (C=O) groups excluding carboxylic acids is 1. The highest BCUT2D eigenvalue weighted by atomic mass is 32.2. The van der Waals surface area contributed by atoms with Crippen molar-refractivity contribution in [2.45, 2.75) is 37.1 Å². The first-order chi connectivity index (χ1) is 8.36. The van der Waals surface area contributed by atoms with Crippen LogP contribution >= 0.6 is 0 Å². The number of H-pyrrole nitrogens is 1. The van der Waals surface area contributed by atoms with Crippen molar-refractivity contribution in [2.24, 2.45) is 11.1 Å². The van der Waals surface area contributed by atoms with Crippen LogP contribution in [0, 0.1) is 5.92 Å². The molecule has 1 aliphatic rings. The van der Waals surface area contributed by atoms with Crippen molar-refractivity contribution in [3.63, 3.8) is 0 Å². The van der Waals surface area contributed by atoms with E-state index in [0.29, 0.717) is 5.92 Å². The van der Waals surface area contributed by atoms with E-state index in [2.05, 4.69) is 17.2 Å². The number of aromatic amines is 1. The maximum absolute atomic E-state index is 11.9. The number of amides is 1. The lowest BCUT2D eigenvalue weighted by Crippen LogP contribution is -2.33. The van der Waals surface area contributed by atoms with Gasteiger partial charge in [-0.1, -0.05) is 6.92 Å². The zero-order valence-corrected chi connectivity index (χ0v) is 11.0. The van der Waals surface area contributed by atoms with Crippen molar-refractivity contribution in [1.29, 1.82) is 0 Å². The van der Waals surface area contributed by atoms with Gasteiger partial charge in [0.05, 0.1) is 4.90 Å². The molecule has 0 radical (unpaired) electrons. The molecular formula is C11H17N3O3S. The topological polar surface area (TPSA) is 105 Å². The molecule has 4 N–H and O–H groups in total. The van der Waals surface area contributed by atoms with E-state index in [4.69, 9.17) is 5.14 Å². The molecule has 1 aromatic rings. The highest BCUT2D eigenvalue weighted by Crippen LogP contribution is 2.24. The molecule has 7 heteroatoms. The maximum Gasteiger partial charge on any atom is 0.267 e. The van der Waals surface area contributed by atoms with Gasteiger partial charge in [-0.05, 0) is 31.2 Å². The molecular weight excluding hydrogens is 254 g/mol. The quantitative estimate of drug-likeness (QED) is 0.748. The Balaban J connectivity index is 2.03. The summed E-state index contributed by atoms with van der Waals surface area (Å²) < 4.78 is 22.2. The zero-order valence-electron chi connectivity index (χ0n) is 10.1. The predicted octanol–water partition coefficient (Wildman–Crippen LogP) is 0.581. The Morgan fingerprint density at radius 2 is 2.22 bits per heavy atom. The van der Waals surface area contributed by atoms with Crippen LogP contribution in [-0.4, -0.2) is 25.4 Å². The average molecular weight is 271 g/mol. The fraction of sp³-hybridized carbons (Fsp3) is 0.545. The molecule has 18 heavy (non-hydrogen) atoms. The monoisotopic (exact) mass is 271 g/mol. The van der Waals surface area contributed by atoms with Gasteiger partial charge >= 0.3 is 0 Å². The minimum absolute atomic E-state index is 0.0764. The van der Waals surface area contributed by atoms with E-state index in [0.717, 1.165) is 19.3 Å². The van der Waals surface area contributed by atoms with Gasteiger partial charge in [-0.25, -0.2) is 13.6 Å². The van der Waals surface area contributed by atoms with Gasteiger partial charge in [0.15, 0.2) is 0 Å². The Bertz CT molecular complexity index is 550. The summed E-state index contributed by atoms with van der Waals surface area (Å²) in [5.74, 6) is 0.336. The van der Waals surface area contributed by atoms with Crippen LogP contribution in [0.2, 0.25) is 0 Å². The number of hydrogen-bond donors (Lipinski definition) is 3. The van der Waals surface area contributed by atoms with E-state index in [-0.39, 0.29) is 22.5 Å². The van der Waals surface area contributed by atoms with E-state index in [1.807, 2.05) is 0 Å². The van der Waals surface area contributed by atoms with Gasteiger partial charge in [-0.2, -0.15) is 0 Å². The summed E-state index contributed by atoms with van der Waals surface area (Å²) in [5, 5.41) is 7.86. The number of hydrogen-bond acceptors (Lipinski definition) is 3. The maximum atomic E-state index is 11.9. The largest absolute Gasteiger partial charge is 0.356 e. The zero-order chi connectivity index (χ0) is 13.3. The number of rotatable bonds is 3. The Kier molecular flexibility index (Phi) is 3.45. The van der Waals surface area contributed by atoms with Crippen molar-refractivity contribution in [3.8, 4) is 0 Å². The lowest BCUT2D eigenvalue weighted by molar-refractivity contribution is 0.0933. The molecule has 0 aliphatic heterocycles. The highest BCUT2D eigenvalue weighted by molar-refractivity contribution is 7.89. The number of sulfonamides is 1. The van der Waals surface area contributed by atoms with Gasteiger partial charge in [-0.15, -0.1) is 0 Å². The van der Waals surface area contributed by atoms with Crippen LogP contribution in [0.4, 0.5) is 0 Å². The fourth-order valence-corrected chi connectivity index (χ4v) is 2.78. The second-order valence-corrected chi connectivity index (χ2v) is 6.44. The van der Waals surface area contributed by atoms with Gasteiger partial charge in [0.1, 0.15) is 5.69 Å². The molecule has 0 aromatic carbocycles. The van der Waals surface area contributed by atoms with Crippen LogP contribution in [0.15, 0.2) is 17.2 Å². The molecule has 1 saturated carbocycles. The van der Waals surface area contributed by atoms with Crippen LogP contribution in [0.3, 0.4) is 0 Å².